The van der Waals surface area contributed by atoms with E-state index in [-0.39, 0.29) is 24.0 Å². The van der Waals surface area contributed by atoms with E-state index >= 15 is 0 Å². The number of alkyl halides is 3. The molecule has 1 aromatic rings. The van der Waals surface area contributed by atoms with Crippen LogP contribution < -0.4 is 10.6 Å². The lowest BCUT2D eigenvalue weighted by atomic mass is 10.1. The number of halogens is 4. The van der Waals surface area contributed by atoms with Gasteiger partial charge in [0, 0.05) is 26.7 Å². The van der Waals surface area contributed by atoms with E-state index in [0.29, 0.717) is 24.0 Å². The summed E-state index contributed by atoms with van der Waals surface area (Å²) in [6.45, 7) is 6.67. The first-order valence-electron chi connectivity index (χ1n) is 8.75. The van der Waals surface area contributed by atoms with Gasteiger partial charge in [-0.05, 0) is 49.5 Å². The van der Waals surface area contributed by atoms with Crippen LogP contribution in [0.2, 0.25) is 0 Å². The molecule has 4 nitrogen and oxygen atoms in total. The van der Waals surface area contributed by atoms with Gasteiger partial charge in [0.05, 0.1) is 5.56 Å². The largest absolute Gasteiger partial charge is 0.416 e. The van der Waals surface area contributed by atoms with Crippen molar-refractivity contribution in [1.82, 2.24) is 15.5 Å². The number of hydrogen-bond donors (Lipinski definition) is 2. The maximum atomic E-state index is 12.8. The van der Waals surface area contributed by atoms with E-state index in [4.69, 9.17) is 0 Å². The highest BCUT2D eigenvalue weighted by atomic mass is 127. The summed E-state index contributed by atoms with van der Waals surface area (Å²) in [5, 5.41) is 6.36. The van der Waals surface area contributed by atoms with Crippen molar-refractivity contribution >= 4 is 29.9 Å². The van der Waals surface area contributed by atoms with E-state index in [1.54, 1.807) is 13.1 Å². The molecular formula is C18H28F3IN4. The first-order chi connectivity index (χ1) is 11.9. The Morgan fingerprint density at radius 2 is 2.08 bits per heavy atom. The second-order valence-corrected chi connectivity index (χ2v) is 6.46. The molecule has 1 unspecified atom stereocenters. The number of guanidine groups is 1. The van der Waals surface area contributed by atoms with Crippen LogP contribution in [0.1, 0.15) is 30.9 Å². The molecule has 1 aromatic carbocycles. The Kier molecular flexibility index (Phi) is 9.70. The average Bonchev–Trinajstić information content (AvgIpc) is 3.02. The Morgan fingerprint density at radius 3 is 2.73 bits per heavy atom. The van der Waals surface area contributed by atoms with Gasteiger partial charge in [-0.2, -0.15) is 13.2 Å². The molecule has 2 rings (SSSR count). The summed E-state index contributed by atoms with van der Waals surface area (Å²) in [5.41, 5.74) is -0.0514. The maximum Gasteiger partial charge on any atom is 0.416 e. The van der Waals surface area contributed by atoms with Gasteiger partial charge in [-0.15, -0.1) is 24.0 Å². The van der Waals surface area contributed by atoms with Gasteiger partial charge in [-0.3, -0.25) is 4.99 Å². The van der Waals surface area contributed by atoms with Gasteiger partial charge in [0.1, 0.15) is 0 Å². The third-order valence-corrected chi connectivity index (χ3v) is 4.41. The van der Waals surface area contributed by atoms with Crippen LogP contribution >= 0.6 is 24.0 Å². The minimum absolute atomic E-state index is 0. The third-order valence-electron chi connectivity index (χ3n) is 4.41. The molecular weight excluding hydrogens is 456 g/mol. The van der Waals surface area contributed by atoms with E-state index in [1.807, 2.05) is 0 Å². The number of benzene rings is 1. The molecule has 26 heavy (non-hydrogen) atoms. The zero-order valence-electron chi connectivity index (χ0n) is 15.3. The minimum Gasteiger partial charge on any atom is -0.356 e. The summed E-state index contributed by atoms with van der Waals surface area (Å²) < 4.78 is 38.3. The van der Waals surface area contributed by atoms with Crippen LogP contribution in [0.3, 0.4) is 0 Å². The molecule has 8 heteroatoms. The summed E-state index contributed by atoms with van der Waals surface area (Å²) in [6.07, 6.45) is -1.99. The van der Waals surface area contributed by atoms with E-state index in [2.05, 4.69) is 27.4 Å². The van der Waals surface area contributed by atoms with Crippen LogP contribution in [0.4, 0.5) is 13.2 Å². The number of nitrogens with zero attached hydrogens (tertiary/aromatic N) is 2. The summed E-state index contributed by atoms with van der Waals surface area (Å²) in [4.78, 5) is 6.61. The van der Waals surface area contributed by atoms with Crippen molar-refractivity contribution in [3.63, 3.8) is 0 Å². The zero-order valence-corrected chi connectivity index (χ0v) is 17.6. The van der Waals surface area contributed by atoms with Crippen molar-refractivity contribution in [2.75, 3.05) is 33.2 Å². The van der Waals surface area contributed by atoms with Crippen LogP contribution in [0.15, 0.2) is 29.3 Å². The first kappa shape index (κ1) is 23.0. The molecule has 0 aromatic heterocycles. The van der Waals surface area contributed by atoms with Gasteiger partial charge in [0.15, 0.2) is 5.96 Å². The van der Waals surface area contributed by atoms with Gasteiger partial charge < -0.3 is 15.5 Å². The van der Waals surface area contributed by atoms with Crippen LogP contribution in [0.5, 0.6) is 0 Å². The van der Waals surface area contributed by atoms with Gasteiger partial charge in [0.2, 0.25) is 0 Å². The maximum absolute atomic E-state index is 12.8. The summed E-state index contributed by atoms with van der Waals surface area (Å²) in [7, 11) is 1.67. The standard InChI is InChI=1S/C18H27F3N4.HI/c1-3-8-25-9-7-15(13-25)12-24-17(22-2)23-11-14-5-4-6-16(10-14)18(19,20)21;/h4-6,10,15H,3,7-9,11-13H2,1-2H3,(H2,22,23,24);1H. The average molecular weight is 484 g/mol. The van der Waals surface area contributed by atoms with Crippen molar-refractivity contribution in [2.45, 2.75) is 32.5 Å². The number of rotatable bonds is 6. The lowest BCUT2D eigenvalue weighted by molar-refractivity contribution is -0.137. The third kappa shape index (κ3) is 7.30. The predicted octanol–water partition coefficient (Wildman–Crippen LogP) is 3.72. The quantitative estimate of drug-likeness (QED) is 0.368. The van der Waals surface area contributed by atoms with Crippen LogP contribution in [0, 0.1) is 5.92 Å². The fourth-order valence-electron chi connectivity index (χ4n) is 3.10. The van der Waals surface area contributed by atoms with Crippen molar-refractivity contribution in [3.05, 3.63) is 35.4 Å². The molecule has 0 aliphatic carbocycles. The number of hydrogen-bond acceptors (Lipinski definition) is 2. The van der Waals surface area contributed by atoms with Crippen LogP contribution in [0.25, 0.3) is 0 Å². The van der Waals surface area contributed by atoms with Crippen molar-refractivity contribution < 1.29 is 13.2 Å². The molecule has 0 bridgehead atoms. The summed E-state index contributed by atoms with van der Waals surface area (Å²) >= 11 is 0. The molecule has 0 radical (unpaired) electrons. The SMILES string of the molecule is CCCN1CCC(CNC(=NC)NCc2cccc(C(F)(F)F)c2)C1.I. The lowest BCUT2D eigenvalue weighted by Gasteiger charge is -2.17. The Balaban J connectivity index is 0.00000338. The minimum atomic E-state index is -4.32. The highest BCUT2D eigenvalue weighted by Crippen LogP contribution is 2.29. The zero-order chi connectivity index (χ0) is 18.3. The van der Waals surface area contributed by atoms with Gasteiger partial charge in [0.25, 0.3) is 0 Å². The van der Waals surface area contributed by atoms with Gasteiger partial charge in [-0.1, -0.05) is 19.1 Å². The molecule has 0 amide bonds. The normalized spacial score (nSPS) is 18.5. The first-order valence-corrected chi connectivity index (χ1v) is 8.75. The monoisotopic (exact) mass is 484 g/mol. The molecule has 1 aliphatic heterocycles. The Bertz CT molecular complexity index is 578. The Morgan fingerprint density at radius 1 is 1.31 bits per heavy atom. The fraction of sp³-hybridized carbons (Fsp3) is 0.611. The predicted molar refractivity (Wildman–Crippen MR) is 110 cm³/mol. The topological polar surface area (TPSA) is 39.7 Å². The van der Waals surface area contributed by atoms with Crippen molar-refractivity contribution in [1.29, 1.82) is 0 Å². The molecule has 0 spiro atoms. The summed E-state index contributed by atoms with van der Waals surface area (Å²) in [5.74, 6) is 1.20. The highest BCUT2D eigenvalue weighted by Gasteiger charge is 2.30. The molecule has 1 atom stereocenters. The van der Waals surface area contributed by atoms with E-state index in [0.717, 1.165) is 38.7 Å². The highest BCUT2D eigenvalue weighted by molar-refractivity contribution is 14.0. The second-order valence-electron chi connectivity index (χ2n) is 6.46. The molecule has 2 N–H and O–H groups in total. The molecule has 1 heterocycles. The lowest BCUT2D eigenvalue weighted by Crippen LogP contribution is -2.40. The molecule has 1 saturated heterocycles. The number of aliphatic imine (C=N–C) groups is 1. The van der Waals surface area contributed by atoms with Crippen molar-refractivity contribution in [3.8, 4) is 0 Å². The smallest absolute Gasteiger partial charge is 0.356 e. The van der Waals surface area contributed by atoms with E-state index < -0.39 is 11.7 Å². The molecule has 0 saturated carbocycles. The Hall–Kier alpha value is -1.03. The van der Waals surface area contributed by atoms with Crippen LogP contribution in [-0.4, -0.2) is 44.1 Å². The fourth-order valence-corrected chi connectivity index (χ4v) is 3.10. The van der Waals surface area contributed by atoms with E-state index in [9.17, 15) is 13.2 Å². The molecule has 1 fully saturated rings. The van der Waals surface area contributed by atoms with E-state index in [1.165, 1.54) is 18.6 Å². The second kappa shape index (κ2) is 11.0. The Labute approximate surface area is 170 Å². The molecule has 1 aliphatic rings. The van der Waals surface area contributed by atoms with Crippen molar-refractivity contribution in [2.24, 2.45) is 10.9 Å². The van der Waals surface area contributed by atoms with Gasteiger partial charge in [-0.25, -0.2) is 0 Å². The summed E-state index contributed by atoms with van der Waals surface area (Å²) in [6, 6.07) is 5.35. The van der Waals surface area contributed by atoms with Crippen LogP contribution in [-0.2, 0) is 12.7 Å². The number of nitrogens with one attached hydrogen (secondary N) is 2. The molecule has 148 valence electrons. The number of likely N-dealkylation sites (tertiary alicyclic amines) is 1. The van der Waals surface area contributed by atoms with Gasteiger partial charge >= 0.3 is 6.18 Å².